The van der Waals surface area contributed by atoms with E-state index < -0.39 is 12.2 Å². The Kier molecular flexibility index (Phi) is 3.58. The van der Waals surface area contributed by atoms with Crippen molar-refractivity contribution in [3.8, 4) is 11.5 Å². The van der Waals surface area contributed by atoms with Crippen molar-refractivity contribution in [3.63, 3.8) is 0 Å². The van der Waals surface area contributed by atoms with E-state index in [0.717, 1.165) is 26.9 Å². The van der Waals surface area contributed by atoms with Crippen molar-refractivity contribution in [2.45, 2.75) is 34.5 Å². The molecule has 4 nitrogen and oxygen atoms in total. The van der Waals surface area contributed by atoms with E-state index in [-0.39, 0.29) is 12.7 Å². The smallest absolute Gasteiger partial charge is 0.141 e. The fourth-order valence-corrected chi connectivity index (χ4v) is 3.78. The Hall–Kier alpha value is -1.53. The lowest BCUT2D eigenvalue weighted by molar-refractivity contribution is -0.0226. The summed E-state index contributed by atoms with van der Waals surface area (Å²) in [5.41, 5.74) is 0.966. The topological polar surface area (TPSA) is 58.9 Å². The first-order chi connectivity index (χ1) is 10.7. The molecule has 4 rings (SSSR count). The lowest BCUT2D eigenvalue weighted by atomic mass is 10.0. The number of aliphatic hydroxyl groups excluding tert-OH is 2. The minimum Gasteiger partial charge on any atom is -0.455 e. The molecule has 114 valence electrons. The third kappa shape index (κ3) is 2.40. The number of fused-ring (bicyclic) bond motifs is 2. The van der Waals surface area contributed by atoms with Crippen molar-refractivity contribution in [2.75, 3.05) is 6.61 Å². The SMILES string of the molecule is OC[C@H]1O[C@@H](c2ccc3c(c2)Oc2ccccc2S3)C[C@H]1O. The van der Waals surface area contributed by atoms with Crippen molar-refractivity contribution >= 4 is 11.8 Å². The summed E-state index contributed by atoms with van der Waals surface area (Å²) in [5.74, 6) is 1.67. The first kappa shape index (κ1) is 14.1. The molecule has 2 N–H and O–H groups in total. The monoisotopic (exact) mass is 316 g/mol. The second kappa shape index (κ2) is 5.59. The number of ether oxygens (including phenoxy) is 2. The zero-order valence-electron chi connectivity index (χ0n) is 11.8. The number of benzene rings is 2. The average Bonchev–Trinajstić information content (AvgIpc) is 2.93. The van der Waals surface area contributed by atoms with E-state index in [9.17, 15) is 10.2 Å². The molecule has 0 aromatic heterocycles. The molecule has 0 aliphatic carbocycles. The highest BCUT2D eigenvalue weighted by molar-refractivity contribution is 7.99. The Labute approximate surface area is 132 Å². The van der Waals surface area contributed by atoms with Crippen LogP contribution in [0.15, 0.2) is 52.3 Å². The molecule has 2 aromatic rings. The molecule has 0 radical (unpaired) electrons. The maximum absolute atomic E-state index is 9.87. The summed E-state index contributed by atoms with van der Waals surface area (Å²) < 4.78 is 11.7. The molecule has 2 heterocycles. The van der Waals surface area contributed by atoms with Gasteiger partial charge in [-0.1, -0.05) is 30.0 Å². The normalized spacial score (nSPS) is 26.2. The first-order valence-corrected chi connectivity index (χ1v) is 8.09. The van der Waals surface area contributed by atoms with Gasteiger partial charge in [-0.05, 0) is 29.8 Å². The fraction of sp³-hybridized carbons (Fsp3) is 0.294. The number of para-hydroxylation sites is 1. The van der Waals surface area contributed by atoms with E-state index in [1.807, 2.05) is 42.5 Å². The minimum absolute atomic E-state index is 0.164. The molecule has 2 aliphatic rings. The lowest BCUT2D eigenvalue weighted by Crippen LogP contribution is -2.24. The van der Waals surface area contributed by atoms with Crippen LogP contribution in [0.4, 0.5) is 0 Å². The molecule has 5 heteroatoms. The Morgan fingerprint density at radius 2 is 1.91 bits per heavy atom. The largest absolute Gasteiger partial charge is 0.455 e. The van der Waals surface area contributed by atoms with Crippen LogP contribution in [0.2, 0.25) is 0 Å². The van der Waals surface area contributed by atoms with Gasteiger partial charge in [0.25, 0.3) is 0 Å². The van der Waals surface area contributed by atoms with Crippen LogP contribution in [-0.4, -0.2) is 29.0 Å². The second-order valence-electron chi connectivity index (χ2n) is 5.51. The highest BCUT2D eigenvalue weighted by Crippen LogP contribution is 2.48. The quantitative estimate of drug-likeness (QED) is 0.761. The summed E-state index contributed by atoms with van der Waals surface area (Å²) in [7, 11) is 0. The highest BCUT2D eigenvalue weighted by Gasteiger charge is 2.34. The summed E-state index contributed by atoms with van der Waals surface area (Å²) in [6.07, 6.45) is -0.837. The van der Waals surface area contributed by atoms with Gasteiger partial charge >= 0.3 is 0 Å². The third-order valence-electron chi connectivity index (χ3n) is 4.03. The van der Waals surface area contributed by atoms with Gasteiger partial charge in [-0.2, -0.15) is 0 Å². The number of hydrogen-bond acceptors (Lipinski definition) is 5. The highest BCUT2D eigenvalue weighted by atomic mass is 32.2. The molecule has 1 fully saturated rings. The van der Waals surface area contributed by atoms with Crippen LogP contribution in [0.25, 0.3) is 0 Å². The molecule has 0 saturated carbocycles. The van der Waals surface area contributed by atoms with Crippen molar-refractivity contribution in [2.24, 2.45) is 0 Å². The molecule has 22 heavy (non-hydrogen) atoms. The predicted octanol–water partition coefficient (Wildman–Crippen LogP) is 3.13. The molecule has 0 amide bonds. The lowest BCUT2D eigenvalue weighted by Gasteiger charge is -2.21. The van der Waals surface area contributed by atoms with Gasteiger partial charge in [0.1, 0.15) is 17.6 Å². The Morgan fingerprint density at radius 1 is 1.09 bits per heavy atom. The van der Waals surface area contributed by atoms with E-state index in [1.165, 1.54) is 0 Å². The van der Waals surface area contributed by atoms with Gasteiger partial charge in [0, 0.05) is 6.42 Å². The van der Waals surface area contributed by atoms with Crippen LogP contribution in [0.3, 0.4) is 0 Å². The van der Waals surface area contributed by atoms with Gasteiger partial charge in [-0.3, -0.25) is 0 Å². The third-order valence-corrected chi connectivity index (χ3v) is 5.15. The standard InChI is InChI=1S/C17H16O4S/c18-9-15-11(19)8-13(21-15)10-5-6-17-14(7-10)20-12-3-1-2-4-16(12)22-17/h1-7,11,13,15,18-19H,8-9H2/t11-,13-,15-/m1/s1. The summed E-state index contributed by atoms with van der Waals surface area (Å²) >= 11 is 1.68. The molecule has 1 saturated heterocycles. The zero-order valence-corrected chi connectivity index (χ0v) is 12.6. The molecule has 0 bridgehead atoms. The average molecular weight is 316 g/mol. The van der Waals surface area contributed by atoms with Crippen molar-refractivity contribution in [3.05, 3.63) is 48.0 Å². The predicted molar refractivity (Wildman–Crippen MR) is 82.4 cm³/mol. The second-order valence-corrected chi connectivity index (χ2v) is 6.59. The Bertz CT molecular complexity index is 703. The molecule has 2 aromatic carbocycles. The van der Waals surface area contributed by atoms with Gasteiger partial charge in [0.2, 0.25) is 0 Å². The maximum atomic E-state index is 9.87. The van der Waals surface area contributed by atoms with Gasteiger partial charge in [-0.25, -0.2) is 0 Å². The molecule has 0 unspecified atom stereocenters. The molecule has 3 atom stereocenters. The van der Waals surface area contributed by atoms with Crippen molar-refractivity contribution in [1.82, 2.24) is 0 Å². The zero-order chi connectivity index (χ0) is 15.1. The van der Waals surface area contributed by atoms with Crippen LogP contribution in [-0.2, 0) is 4.74 Å². The summed E-state index contributed by atoms with van der Waals surface area (Å²) in [5, 5.41) is 19.1. The molecule has 0 spiro atoms. The van der Waals surface area contributed by atoms with Gasteiger partial charge in [0.15, 0.2) is 0 Å². The van der Waals surface area contributed by atoms with E-state index in [1.54, 1.807) is 11.8 Å². The van der Waals surface area contributed by atoms with Crippen LogP contribution in [0.1, 0.15) is 18.1 Å². The van der Waals surface area contributed by atoms with Crippen LogP contribution in [0.5, 0.6) is 11.5 Å². The minimum atomic E-state index is -0.623. The van der Waals surface area contributed by atoms with Crippen molar-refractivity contribution in [1.29, 1.82) is 0 Å². The van der Waals surface area contributed by atoms with Crippen LogP contribution >= 0.6 is 11.8 Å². The maximum Gasteiger partial charge on any atom is 0.141 e. The van der Waals surface area contributed by atoms with E-state index >= 15 is 0 Å². The Balaban J connectivity index is 1.61. The van der Waals surface area contributed by atoms with E-state index in [0.29, 0.717) is 6.42 Å². The molecular weight excluding hydrogens is 300 g/mol. The molecule has 2 aliphatic heterocycles. The van der Waals surface area contributed by atoms with Crippen LogP contribution in [0, 0.1) is 0 Å². The van der Waals surface area contributed by atoms with E-state index in [4.69, 9.17) is 9.47 Å². The van der Waals surface area contributed by atoms with Crippen LogP contribution < -0.4 is 4.74 Å². The Morgan fingerprint density at radius 3 is 2.73 bits per heavy atom. The number of rotatable bonds is 2. The van der Waals surface area contributed by atoms with Gasteiger partial charge in [0.05, 0.1) is 28.6 Å². The summed E-state index contributed by atoms with van der Waals surface area (Å²) in [4.78, 5) is 2.18. The van der Waals surface area contributed by atoms with E-state index in [2.05, 4.69) is 0 Å². The van der Waals surface area contributed by atoms with Gasteiger partial charge < -0.3 is 19.7 Å². The van der Waals surface area contributed by atoms with Crippen molar-refractivity contribution < 1.29 is 19.7 Å². The summed E-state index contributed by atoms with van der Waals surface area (Å²) in [6, 6.07) is 13.9. The number of aliphatic hydroxyl groups is 2. The molecular formula is C17H16O4S. The van der Waals surface area contributed by atoms with Gasteiger partial charge in [-0.15, -0.1) is 0 Å². The summed E-state index contributed by atoms with van der Waals surface area (Å²) in [6.45, 7) is -0.164. The first-order valence-electron chi connectivity index (χ1n) is 7.27. The number of hydrogen-bond donors (Lipinski definition) is 2. The fourth-order valence-electron chi connectivity index (χ4n) is 2.85.